The number of aryl methyl sites for hydroxylation is 1. The van der Waals surface area contributed by atoms with Gasteiger partial charge in [-0.05, 0) is 37.3 Å². The van der Waals surface area contributed by atoms with Crippen LogP contribution in [0.4, 0.5) is 17.3 Å². The van der Waals surface area contributed by atoms with Crippen molar-refractivity contribution in [2.24, 2.45) is 0 Å². The fourth-order valence-electron chi connectivity index (χ4n) is 2.37. The number of hydrogen-bond acceptors (Lipinski definition) is 5. The van der Waals surface area contributed by atoms with E-state index < -0.39 is 5.91 Å². The minimum Gasteiger partial charge on any atom is -0.325 e. The quantitative estimate of drug-likeness (QED) is 0.648. The van der Waals surface area contributed by atoms with Crippen LogP contribution in [0.25, 0.3) is 0 Å². The highest BCUT2D eigenvalue weighted by molar-refractivity contribution is 6.40. The van der Waals surface area contributed by atoms with Crippen LogP contribution in [0, 0.1) is 18.3 Å². The zero-order chi connectivity index (χ0) is 19.4. The Bertz CT molecular complexity index is 1040. The van der Waals surface area contributed by atoms with Gasteiger partial charge in [0.05, 0.1) is 26.9 Å². The summed E-state index contributed by atoms with van der Waals surface area (Å²) in [7, 11) is 0. The van der Waals surface area contributed by atoms with Gasteiger partial charge < -0.3 is 10.6 Å². The number of nitrogens with zero attached hydrogens (tertiary/aromatic N) is 3. The van der Waals surface area contributed by atoms with Crippen molar-refractivity contribution in [3.8, 4) is 6.07 Å². The molecule has 0 radical (unpaired) electrons. The topological polar surface area (TPSA) is 90.7 Å². The molecule has 0 unspecified atom stereocenters. The molecule has 0 saturated carbocycles. The lowest BCUT2D eigenvalue weighted by molar-refractivity contribution is 0.102. The molecule has 0 saturated heterocycles. The number of benzene rings is 1. The van der Waals surface area contributed by atoms with Crippen molar-refractivity contribution in [2.75, 3.05) is 10.6 Å². The molecular formula is C19H13Cl2N5O. The number of aromatic nitrogens is 2. The average Bonchev–Trinajstić information content (AvgIpc) is 2.62. The molecule has 1 amide bonds. The van der Waals surface area contributed by atoms with Crippen LogP contribution in [0.1, 0.15) is 21.6 Å². The molecule has 0 aliphatic rings. The van der Waals surface area contributed by atoms with Crippen LogP contribution in [0.2, 0.25) is 10.0 Å². The van der Waals surface area contributed by atoms with E-state index in [0.717, 1.165) is 0 Å². The number of nitrogens with one attached hydrogen (secondary N) is 2. The van der Waals surface area contributed by atoms with Crippen molar-refractivity contribution < 1.29 is 4.79 Å². The minimum absolute atomic E-state index is 0.205. The standard InChI is InChI=1S/C19H13Cl2N5O/c1-11-12(10-22)5-6-16(24-11)26-17-9-13(7-8-23-17)25-19(27)18-14(20)3-2-4-15(18)21/h2-9H,1H3,(H2,23,24,25,26,27). The predicted octanol–water partition coefficient (Wildman–Crippen LogP) is 4.96. The predicted molar refractivity (Wildman–Crippen MR) is 106 cm³/mol. The van der Waals surface area contributed by atoms with E-state index in [1.807, 2.05) is 0 Å². The summed E-state index contributed by atoms with van der Waals surface area (Å²) in [6.07, 6.45) is 1.54. The molecule has 134 valence electrons. The summed E-state index contributed by atoms with van der Waals surface area (Å²) in [6, 6.07) is 13.6. The Morgan fingerprint density at radius 3 is 2.52 bits per heavy atom. The highest BCUT2D eigenvalue weighted by Crippen LogP contribution is 2.26. The number of amides is 1. The maximum absolute atomic E-state index is 12.5. The van der Waals surface area contributed by atoms with E-state index in [0.29, 0.717) is 28.6 Å². The number of anilines is 3. The van der Waals surface area contributed by atoms with E-state index in [4.69, 9.17) is 28.5 Å². The molecule has 1 aromatic carbocycles. The van der Waals surface area contributed by atoms with Gasteiger partial charge in [-0.15, -0.1) is 0 Å². The third-order valence-corrected chi connectivity index (χ3v) is 4.30. The van der Waals surface area contributed by atoms with Crippen molar-refractivity contribution in [3.05, 3.63) is 75.5 Å². The second-order valence-corrected chi connectivity index (χ2v) is 6.36. The van der Waals surface area contributed by atoms with Crippen LogP contribution in [-0.2, 0) is 0 Å². The van der Waals surface area contributed by atoms with E-state index in [1.165, 1.54) is 0 Å². The van der Waals surface area contributed by atoms with E-state index in [2.05, 4.69) is 26.7 Å². The van der Waals surface area contributed by atoms with Crippen molar-refractivity contribution >= 4 is 46.4 Å². The van der Waals surface area contributed by atoms with E-state index in [1.54, 1.807) is 55.6 Å². The van der Waals surface area contributed by atoms with Crippen molar-refractivity contribution in [3.63, 3.8) is 0 Å². The molecular weight excluding hydrogens is 385 g/mol. The molecule has 27 heavy (non-hydrogen) atoms. The number of halogens is 2. The molecule has 0 bridgehead atoms. The summed E-state index contributed by atoms with van der Waals surface area (Å²) < 4.78 is 0. The Kier molecular flexibility index (Phi) is 5.55. The normalized spacial score (nSPS) is 10.1. The van der Waals surface area contributed by atoms with Crippen molar-refractivity contribution in [1.29, 1.82) is 5.26 Å². The number of pyridine rings is 2. The van der Waals surface area contributed by atoms with Crippen molar-refractivity contribution in [2.45, 2.75) is 6.92 Å². The van der Waals surface area contributed by atoms with Crippen LogP contribution < -0.4 is 10.6 Å². The number of carbonyl (C=O) groups is 1. The van der Waals surface area contributed by atoms with E-state index >= 15 is 0 Å². The van der Waals surface area contributed by atoms with Crippen LogP contribution in [0.5, 0.6) is 0 Å². The maximum Gasteiger partial charge on any atom is 0.258 e. The van der Waals surface area contributed by atoms with Crippen LogP contribution >= 0.6 is 23.2 Å². The molecule has 0 aliphatic carbocycles. The first-order valence-electron chi connectivity index (χ1n) is 7.84. The SMILES string of the molecule is Cc1nc(Nc2cc(NC(=O)c3c(Cl)cccc3Cl)ccn2)ccc1C#N. The summed E-state index contributed by atoms with van der Waals surface area (Å²) in [5.41, 5.74) is 1.84. The number of nitriles is 1. The highest BCUT2D eigenvalue weighted by Gasteiger charge is 2.15. The van der Waals surface area contributed by atoms with Crippen LogP contribution in [0.3, 0.4) is 0 Å². The second kappa shape index (κ2) is 8.04. The van der Waals surface area contributed by atoms with Crippen LogP contribution in [-0.4, -0.2) is 15.9 Å². The first-order chi connectivity index (χ1) is 13.0. The zero-order valence-corrected chi connectivity index (χ0v) is 15.6. The lowest BCUT2D eigenvalue weighted by Crippen LogP contribution is -2.13. The Morgan fingerprint density at radius 1 is 1.11 bits per heavy atom. The minimum atomic E-state index is -0.421. The lowest BCUT2D eigenvalue weighted by Gasteiger charge is -2.10. The lowest BCUT2D eigenvalue weighted by atomic mass is 10.2. The monoisotopic (exact) mass is 397 g/mol. The molecule has 2 N–H and O–H groups in total. The summed E-state index contributed by atoms with van der Waals surface area (Å²) >= 11 is 12.1. The van der Waals surface area contributed by atoms with Gasteiger partial charge >= 0.3 is 0 Å². The molecule has 0 atom stereocenters. The Labute approximate surface area is 165 Å². The van der Waals surface area contributed by atoms with Gasteiger partial charge in [0, 0.05) is 18.0 Å². The third kappa shape index (κ3) is 4.34. The van der Waals surface area contributed by atoms with Gasteiger partial charge in [-0.2, -0.15) is 5.26 Å². The van der Waals surface area contributed by atoms with Crippen LogP contribution in [0.15, 0.2) is 48.7 Å². The average molecular weight is 398 g/mol. The number of carbonyl (C=O) groups excluding carboxylic acids is 1. The van der Waals surface area contributed by atoms with E-state index in [-0.39, 0.29) is 15.6 Å². The summed E-state index contributed by atoms with van der Waals surface area (Å²) in [4.78, 5) is 21.0. The first kappa shape index (κ1) is 18.6. The van der Waals surface area contributed by atoms with Gasteiger partial charge in [0.25, 0.3) is 5.91 Å². The third-order valence-electron chi connectivity index (χ3n) is 3.67. The second-order valence-electron chi connectivity index (χ2n) is 5.55. The van der Waals surface area contributed by atoms with Gasteiger partial charge in [-0.25, -0.2) is 9.97 Å². The number of rotatable bonds is 4. The molecule has 0 spiro atoms. The van der Waals surface area contributed by atoms with Gasteiger partial charge in [0.2, 0.25) is 0 Å². The fourth-order valence-corrected chi connectivity index (χ4v) is 2.93. The van der Waals surface area contributed by atoms with E-state index in [9.17, 15) is 4.79 Å². The summed E-state index contributed by atoms with van der Waals surface area (Å²) in [5.74, 6) is 0.599. The Hall–Kier alpha value is -3.14. The van der Waals surface area contributed by atoms with Crippen molar-refractivity contribution in [1.82, 2.24) is 9.97 Å². The largest absolute Gasteiger partial charge is 0.325 e. The van der Waals surface area contributed by atoms with Gasteiger partial charge in [-0.3, -0.25) is 4.79 Å². The van der Waals surface area contributed by atoms with Gasteiger partial charge in [-0.1, -0.05) is 29.3 Å². The molecule has 3 rings (SSSR count). The highest BCUT2D eigenvalue weighted by atomic mass is 35.5. The molecule has 2 aromatic heterocycles. The Morgan fingerprint density at radius 2 is 1.85 bits per heavy atom. The maximum atomic E-state index is 12.5. The van der Waals surface area contributed by atoms with Gasteiger partial charge in [0.1, 0.15) is 17.7 Å². The van der Waals surface area contributed by atoms with Gasteiger partial charge in [0.15, 0.2) is 0 Å². The Balaban J connectivity index is 1.79. The molecule has 2 heterocycles. The smallest absolute Gasteiger partial charge is 0.258 e. The number of hydrogen-bond donors (Lipinski definition) is 2. The molecule has 0 fully saturated rings. The molecule has 0 aliphatic heterocycles. The summed E-state index contributed by atoms with van der Waals surface area (Å²) in [5, 5.41) is 15.3. The molecule has 6 nitrogen and oxygen atoms in total. The molecule has 8 heteroatoms. The summed E-state index contributed by atoms with van der Waals surface area (Å²) in [6.45, 7) is 1.75. The first-order valence-corrected chi connectivity index (χ1v) is 8.59. The fraction of sp³-hybridized carbons (Fsp3) is 0.0526. The zero-order valence-electron chi connectivity index (χ0n) is 14.1. The molecule has 3 aromatic rings.